The molecule has 2 aromatic carbocycles. The SMILES string of the molecule is CP(CCOC(=O)c1ccccc1)CCOC(=O)c1ccccc1. The van der Waals surface area contributed by atoms with Gasteiger partial charge >= 0.3 is 11.9 Å². The zero-order valence-corrected chi connectivity index (χ0v) is 14.6. The first-order chi connectivity index (χ1) is 11.7. The molecule has 0 N–H and O–H groups in total. The van der Waals surface area contributed by atoms with Gasteiger partial charge in [-0.05, 0) is 30.9 Å². The van der Waals surface area contributed by atoms with Gasteiger partial charge in [-0.15, -0.1) is 7.92 Å². The first-order valence-electron chi connectivity index (χ1n) is 7.79. The van der Waals surface area contributed by atoms with Crippen molar-refractivity contribution in [2.45, 2.75) is 0 Å². The molecule has 24 heavy (non-hydrogen) atoms. The van der Waals surface area contributed by atoms with E-state index in [9.17, 15) is 9.59 Å². The Morgan fingerprint density at radius 1 is 0.750 bits per heavy atom. The first kappa shape index (κ1) is 18.2. The van der Waals surface area contributed by atoms with Crippen molar-refractivity contribution in [3.63, 3.8) is 0 Å². The highest BCUT2D eigenvalue weighted by Gasteiger charge is 2.09. The van der Waals surface area contributed by atoms with Gasteiger partial charge in [0.2, 0.25) is 0 Å². The number of esters is 2. The van der Waals surface area contributed by atoms with Crippen molar-refractivity contribution in [3.05, 3.63) is 71.8 Å². The standard InChI is InChI=1S/C19H21O4P/c1-24(14-12-22-18(20)16-8-4-2-5-9-16)15-13-23-19(21)17-10-6-3-7-11-17/h2-11H,12-15H2,1H3. The molecule has 0 aliphatic carbocycles. The number of rotatable bonds is 8. The molecule has 126 valence electrons. The van der Waals surface area contributed by atoms with Crippen LogP contribution in [0.4, 0.5) is 0 Å². The van der Waals surface area contributed by atoms with E-state index in [2.05, 4.69) is 6.66 Å². The second-order valence-corrected chi connectivity index (χ2v) is 7.91. The molecule has 0 aromatic heterocycles. The normalized spacial score (nSPS) is 10.4. The summed E-state index contributed by atoms with van der Waals surface area (Å²) in [5, 5.41) is 0. The molecule has 4 nitrogen and oxygen atoms in total. The van der Waals surface area contributed by atoms with E-state index in [-0.39, 0.29) is 19.9 Å². The largest absolute Gasteiger partial charge is 0.462 e. The predicted molar refractivity (Wildman–Crippen MR) is 96.0 cm³/mol. The molecule has 0 unspecified atom stereocenters. The van der Waals surface area contributed by atoms with Gasteiger partial charge in [0.05, 0.1) is 24.3 Å². The minimum atomic E-state index is -0.334. The molecular weight excluding hydrogens is 323 g/mol. The Hall–Kier alpha value is -2.19. The van der Waals surface area contributed by atoms with Gasteiger partial charge in [-0.1, -0.05) is 36.4 Å². The van der Waals surface area contributed by atoms with Crippen LogP contribution >= 0.6 is 7.92 Å². The molecule has 0 saturated carbocycles. The summed E-state index contributed by atoms with van der Waals surface area (Å²) in [5.74, 6) is -0.594. The smallest absolute Gasteiger partial charge is 0.338 e. The topological polar surface area (TPSA) is 52.6 Å². The fourth-order valence-corrected chi connectivity index (χ4v) is 3.04. The van der Waals surface area contributed by atoms with Gasteiger partial charge in [-0.25, -0.2) is 9.59 Å². The van der Waals surface area contributed by atoms with Gasteiger partial charge in [0, 0.05) is 12.3 Å². The average molecular weight is 344 g/mol. The number of carbonyl (C=O) groups is 2. The van der Waals surface area contributed by atoms with Gasteiger partial charge in [-0.3, -0.25) is 0 Å². The van der Waals surface area contributed by atoms with Crippen molar-refractivity contribution >= 4 is 19.9 Å². The highest BCUT2D eigenvalue weighted by Crippen LogP contribution is 2.29. The molecule has 0 atom stereocenters. The van der Waals surface area contributed by atoms with Gasteiger partial charge < -0.3 is 9.47 Å². The maximum atomic E-state index is 11.8. The fraction of sp³-hybridized carbons (Fsp3) is 0.263. The minimum Gasteiger partial charge on any atom is -0.462 e. The lowest BCUT2D eigenvalue weighted by Crippen LogP contribution is -2.11. The molecule has 0 aliphatic heterocycles. The monoisotopic (exact) mass is 344 g/mol. The summed E-state index contributed by atoms with van der Waals surface area (Å²) < 4.78 is 10.5. The maximum Gasteiger partial charge on any atom is 0.338 e. The van der Waals surface area contributed by atoms with Gasteiger partial charge in [0.1, 0.15) is 0 Å². The minimum absolute atomic E-state index is 0.297. The maximum absolute atomic E-state index is 11.8. The third-order valence-electron chi connectivity index (χ3n) is 3.43. The Labute approximate surface area is 143 Å². The van der Waals surface area contributed by atoms with E-state index in [1.807, 2.05) is 36.4 Å². The van der Waals surface area contributed by atoms with Crippen LogP contribution in [0.5, 0.6) is 0 Å². The molecule has 0 bridgehead atoms. The van der Waals surface area contributed by atoms with Gasteiger partial charge in [0.25, 0.3) is 0 Å². The third-order valence-corrected chi connectivity index (χ3v) is 5.32. The molecule has 2 rings (SSSR count). The summed E-state index contributed by atoms with van der Waals surface area (Å²) in [6, 6.07) is 17.9. The Balaban J connectivity index is 1.61. The fourth-order valence-electron chi connectivity index (χ4n) is 2.02. The third kappa shape index (κ3) is 6.13. The van der Waals surface area contributed by atoms with Gasteiger partial charge in [0.15, 0.2) is 0 Å². The lowest BCUT2D eigenvalue weighted by atomic mass is 10.2. The van der Waals surface area contributed by atoms with E-state index in [4.69, 9.17) is 9.47 Å². The Kier molecular flexibility index (Phi) is 7.44. The van der Waals surface area contributed by atoms with E-state index in [1.54, 1.807) is 24.3 Å². The molecule has 0 radical (unpaired) electrons. The van der Waals surface area contributed by atoms with Crippen molar-refractivity contribution in [1.82, 2.24) is 0 Å². The van der Waals surface area contributed by atoms with Crippen LogP contribution in [-0.2, 0) is 9.47 Å². The quantitative estimate of drug-likeness (QED) is 0.540. The van der Waals surface area contributed by atoms with Crippen LogP contribution in [0.15, 0.2) is 60.7 Å². The van der Waals surface area contributed by atoms with E-state index in [0.717, 1.165) is 12.3 Å². The second-order valence-electron chi connectivity index (χ2n) is 5.31. The number of hydrogen-bond donors (Lipinski definition) is 0. The lowest BCUT2D eigenvalue weighted by molar-refractivity contribution is 0.0525. The lowest BCUT2D eigenvalue weighted by Gasteiger charge is -2.13. The summed E-state index contributed by atoms with van der Waals surface area (Å²) >= 11 is 0. The molecule has 5 heteroatoms. The average Bonchev–Trinajstić information content (AvgIpc) is 2.63. The van der Waals surface area contributed by atoms with E-state index < -0.39 is 0 Å². The summed E-state index contributed by atoms with van der Waals surface area (Å²) in [6.07, 6.45) is 1.60. The highest BCUT2D eigenvalue weighted by atomic mass is 31.1. The van der Waals surface area contributed by atoms with E-state index in [1.165, 1.54) is 0 Å². The molecule has 0 fully saturated rings. The van der Waals surface area contributed by atoms with Crippen LogP contribution < -0.4 is 0 Å². The molecular formula is C19H21O4P. The summed E-state index contributed by atoms with van der Waals surface area (Å²) in [7, 11) is -0.334. The highest BCUT2D eigenvalue weighted by molar-refractivity contribution is 7.56. The zero-order valence-electron chi connectivity index (χ0n) is 13.7. The molecule has 0 saturated heterocycles. The van der Waals surface area contributed by atoms with Crippen LogP contribution in [0, 0.1) is 0 Å². The van der Waals surface area contributed by atoms with Crippen molar-refractivity contribution in [2.24, 2.45) is 0 Å². The Morgan fingerprint density at radius 3 is 1.50 bits per heavy atom. The van der Waals surface area contributed by atoms with E-state index in [0.29, 0.717) is 24.3 Å². The summed E-state index contributed by atoms with van der Waals surface area (Å²) in [5.41, 5.74) is 1.13. The van der Waals surface area contributed by atoms with Crippen LogP contribution in [0.3, 0.4) is 0 Å². The molecule has 0 aliphatic rings. The molecule has 0 heterocycles. The van der Waals surface area contributed by atoms with Crippen molar-refractivity contribution in [1.29, 1.82) is 0 Å². The first-order valence-corrected chi connectivity index (χ1v) is 9.95. The number of carbonyl (C=O) groups excluding carboxylic acids is 2. The summed E-state index contributed by atoms with van der Waals surface area (Å²) in [4.78, 5) is 23.6. The van der Waals surface area contributed by atoms with Crippen molar-refractivity contribution < 1.29 is 19.1 Å². The number of benzene rings is 2. The second kappa shape index (κ2) is 9.84. The van der Waals surface area contributed by atoms with Crippen LogP contribution in [0.1, 0.15) is 20.7 Å². The van der Waals surface area contributed by atoms with Crippen LogP contribution in [-0.4, -0.2) is 44.1 Å². The van der Waals surface area contributed by atoms with Crippen LogP contribution in [0.25, 0.3) is 0 Å². The molecule has 0 spiro atoms. The summed E-state index contributed by atoms with van der Waals surface area (Å²) in [6.45, 7) is 2.90. The Morgan fingerprint density at radius 2 is 1.12 bits per heavy atom. The Bertz CT molecular complexity index is 585. The zero-order chi connectivity index (χ0) is 17.2. The van der Waals surface area contributed by atoms with Crippen LogP contribution in [0.2, 0.25) is 0 Å². The van der Waals surface area contributed by atoms with Crippen molar-refractivity contribution in [2.75, 3.05) is 32.2 Å². The van der Waals surface area contributed by atoms with Crippen molar-refractivity contribution in [3.8, 4) is 0 Å². The molecule has 2 aromatic rings. The van der Waals surface area contributed by atoms with Gasteiger partial charge in [-0.2, -0.15) is 0 Å². The number of hydrogen-bond acceptors (Lipinski definition) is 4. The predicted octanol–water partition coefficient (Wildman–Crippen LogP) is 3.81. The number of ether oxygens (including phenoxy) is 2. The van der Waals surface area contributed by atoms with E-state index >= 15 is 0 Å². The molecule has 0 amide bonds.